The number of hydrogen-bond acceptors (Lipinski definition) is 5. The van der Waals surface area contributed by atoms with Crippen molar-refractivity contribution in [3.05, 3.63) is 112 Å². The minimum atomic E-state index is -0.735. The standard InChI is InChI=1S/C26H17FN4O4S/c27-21-6-2-4-8-23(21)30-25(33)20(24(32)28-26(30)36)13-17-15-29(22-7-3-1-5-19(17)22)14-16-9-11-18(12-10-16)31(34)35/h1-13,15H,14H2,(H,28,32,36)/b20-13+. The quantitative estimate of drug-likeness (QED) is 0.142. The summed E-state index contributed by atoms with van der Waals surface area (Å²) in [4.78, 5) is 37.5. The highest BCUT2D eigenvalue weighted by atomic mass is 32.1. The predicted octanol–water partition coefficient (Wildman–Crippen LogP) is 4.57. The fourth-order valence-electron chi connectivity index (χ4n) is 4.11. The molecule has 0 unspecified atom stereocenters. The van der Waals surface area contributed by atoms with Gasteiger partial charge in [-0.1, -0.05) is 42.5 Å². The van der Waals surface area contributed by atoms with Gasteiger partial charge in [-0.25, -0.2) is 9.29 Å². The molecule has 5 rings (SSSR count). The van der Waals surface area contributed by atoms with Gasteiger partial charge >= 0.3 is 0 Å². The molecule has 3 aromatic carbocycles. The molecule has 0 aliphatic carbocycles. The van der Waals surface area contributed by atoms with E-state index in [0.717, 1.165) is 21.4 Å². The Morgan fingerprint density at radius 2 is 1.69 bits per heavy atom. The number of carbonyl (C=O) groups excluding carboxylic acids is 2. The van der Waals surface area contributed by atoms with Crippen LogP contribution in [-0.2, 0) is 16.1 Å². The van der Waals surface area contributed by atoms with Crippen molar-refractivity contribution < 1.29 is 18.9 Å². The van der Waals surface area contributed by atoms with Gasteiger partial charge in [0.15, 0.2) is 5.11 Å². The summed E-state index contributed by atoms with van der Waals surface area (Å²) < 4.78 is 16.4. The van der Waals surface area contributed by atoms with E-state index >= 15 is 0 Å². The van der Waals surface area contributed by atoms with E-state index in [9.17, 15) is 24.1 Å². The van der Waals surface area contributed by atoms with E-state index < -0.39 is 22.6 Å². The van der Waals surface area contributed by atoms with Crippen molar-refractivity contribution in [3.8, 4) is 0 Å². The SMILES string of the molecule is O=C1NC(=S)N(c2ccccc2F)C(=O)/C1=C/c1cn(Cc2ccc([N+](=O)[O-])cc2)c2ccccc12. The average molecular weight is 501 g/mol. The Hall–Kier alpha value is -4.70. The monoisotopic (exact) mass is 500 g/mol. The fourth-order valence-corrected chi connectivity index (χ4v) is 4.38. The lowest BCUT2D eigenvalue weighted by Gasteiger charge is -2.29. The third kappa shape index (κ3) is 4.14. The number of para-hydroxylation sites is 2. The zero-order chi connectivity index (χ0) is 25.4. The first-order valence-electron chi connectivity index (χ1n) is 10.8. The summed E-state index contributed by atoms with van der Waals surface area (Å²) in [7, 11) is 0. The van der Waals surface area contributed by atoms with E-state index in [4.69, 9.17) is 12.2 Å². The number of non-ortho nitro benzene ring substituents is 1. The highest BCUT2D eigenvalue weighted by molar-refractivity contribution is 7.80. The first kappa shape index (κ1) is 23.1. The van der Waals surface area contributed by atoms with E-state index in [-0.39, 0.29) is 22.1 Å². The van der Waals surface area contributed by atoms with Crippen LogP contribution in [0.25, 0.3) is 17.0 Å². The number of halogens is 1. The van der Waals surface area contributed by atoms with E-state index in [2.05, 4.69) is 5.32 Å². The van der Waals surface area contributed by atoms with Gasteiger partial charge < -0.3 is 4.57 Å². The molecule has 1 saturated heterocycles. The molecule has 8 nitrogen and oxygen atoms in total. The number of amides is 2. The number of thiocarbonyl (C=S) groups is 1. The molecule has 36 heavy (non-hydrogen) atoms. The van der Waals surface area contributed by atoms with Gasteiger partial charge in [0, 0.05) is 41.3 Å². The van der Waals surface area contributed by atoms with Crippen LogP contribution in [0.1, 0.15) is 11.1 Å². The summed E-state index contributed by atoms with van der Waals surface area (Å²) in [6, 6.07) is 19.4. The first-order valence-corrected chi connectivity index (χ1v) is 11.2. The molecule has 1 N–H and O–H groups in total. The number of fused-ring (bicyclic) bond motifs is 1. The van der Waals surface area contributed by atoms with E-state index in [1.54, 1.807) is 24.4 Å². The van der Waals surface area contributed by atoms with Crippen LogP contribution >= 0.6 is 12.2 Å². The topological polar surface area (TPSA) is 97.5 Å². The molecule has 0 saturated carbocycles. The molecule has 1 fully saturated rings. The van der Waals surface area contributed by atoms with Gasteiger partial charge in [-0.05, 0) is 42.1 Å². The van der Waals surface area contributed by atoms with Crippen molar-refractivity contribution in [2.24, 2.45) is 0 Å². The van der Waals surface area contributed by atoms with Crippen molar-refractivity contribution >= 4 is 57.5 Å². The largest absolute Gasteiger partial charge is 0.342 e. The van der Waals surface area contributed by atoms with Crippen molar-refractivity contribution in [3.63, 3.8) is 0 Å². The van der Waals surface area contributed by atoms with Gasteiger partial charge in [-0.3, -0.25) is 25.0 Å². The van der Waals surface area contributed by atoms with E-state index in [1.807, 2.05) is 28.8 Å². The average Bonchev–Trinajstić information content (AvgIpc) is 3.20. The highest BCUT2D eigenvalue weighted by Crippen LogP contribution is 2.28. The second-order valence-corrected chi connectivity index (χ2v) is 8.45. The van der Waals surface area contributed by atoms with Crippen LogP contribution in [0.5, 0.6) is 0 Å². The van der Waals surface area contributed by atoms with Gasteiger partial charge in [0.1, 0.15) is 11.4 Å². The smallest absolute Gasteiger partial charge is 0.270 e. The number of anilines is 1. The van der Waals surface area contributed by atoms with Gasteiger partial charge in [-0.2, -0.15) is 0 Å². The fraction of sp³-hybridized carbons (Fsp3) is 0.0385. The third-order valence-corrected chi connectivity index (χ3v) is 6.10. The van der Waals surface area contributed by atoms with Gasteiger partial charge in [-0.15, -0.1) is 0 Å². The van der Waals surface area contributed by atoms with Crippen LogP contribution in [-0.4, -0.2) is 26.4 Å². The van der Waals surface area contributed by atoms with Crippen molar-refractivity contribution in [1.82, 2.24) is 9.88 Å². The number of carbonyl (C=O) groups is 2. The molecule has 0 atom stereocenters. The third-order valence-electron chi connectivity index (χ3n) is 5.81. The maximum absolute atomic E-state index is 14.4. The lowest BCUT2D eigenvalue weighted by molar-refractivity contribution is -0.384. The van der Waals surface area contributed by atoms with Gasteiger partial charge in [0.2, 0.25) is 0 Å². The molecular weight excluding hydrogens is 483 g/mol. The lowest BCUT2D eigenvalue weighted by Crippen LogP contribution is -2.54. The molecule has 10 heteroatoms. The van der Waals surface area contributed by atoms with Gasteiger partial charge in [0.05, 0.1) is 10.6 Å². The second-order valence-electron chi connectivity index (χ2n) is 8.06. The first-order chi connectivity index (χ1) is 17.3. The lowest BCUT2D eigenvalue weighted by atomic mass is 10.1. The number of nitrogens with zero attached hydrogens (tertiary/aromatic N) is 3. The minimum absolute atomic E-state index is 0.000631. The summed E-state index contributed by atoms with van der Waals surface area (Å²) in [5, 5.41) is 14.0. The van der Waals surface area contributed by atoms with Crippen LogP contribution in [0.15, 0.2) is 84.6 Å². The molecule has 2 heterocycles. The zero-order valence-corrected chi connectivity index (χ0v) is 19.4. The summed E-state index contributed by atoms with van der Waals surface area (Å²) in [5.74, 6) is -2.06. The number of rotatable bonds is 5. The van der Waals surface area contributed by atoms with Gasteiger partial charge in [0.25, 0.3) is 17.5 Å². The summed E-state index contributed by atoms with van der Waals surface area (Å²) >= 11 is 5.15. The molecular formula is C26H17FN4O4S. The van der Waals surface area contributed by atoms with Crippen LogP contribution in [0.4, 0.5) is 15.8 Å². The number of hydrogen-bond donors (Lipinski definition) is 1. The maximum atomic E-state index is 14.4. The number of benzene rings is 3. The highest BCUT2D eigenvalue weighted by Gasteiger charge is 2.35. The van der Waals surface area contributed by atoms with Crippen molar-refractivity contribution in [2.45, 2.75) is 6.54 Å². The number of aromatic nitrogens is 1. The Balaban J connectivity index is 1.55. The Kier molecular flexibility index (Phi) is 5.87. The molecule has 1 aliphatic rings. The predicted molar refractivity (Wildman–Crippen MR) is 137 cm³/mol. The molecule has 0 radical (unpaired) electrons. The summed E-state index contributed by atoms with van der Waals surface area (Å²) in [6.45, 7) is 0.410. The Labute approximate surface area is 209 Å². The summed E-state index contributed by atoms with van der Waals surface area (Å²) in [5.41, 5.74) is 2.04. The number of nitrogens with one attached hydrogen (secondary N) is 1. The molecule has 1 aliphatic heterocycles. The van der Waals surface area contributed by atoms with E-state index in [1.165, 1.54) is 36.4 Å². The molecule has 2 amide bonds. The van der Waals surface area contributed by atoms with Crippen molar-refractivity contribution in [2.75, 3.05) is 4.90 Å². The molecule has 4 aromatic rings. The molecule has 0 spiro atoms. The van der Waals surface area contributed by atoms with Crippen LogP contribution in [0, 0.1) is 15.9 Å². The number of nitro groups is 1. The second kappa shape index (κ2) is 9.16. The van der Waals surface area contributed by atoms with Crippen LogP contribution in [0.3, 0.4) is 0 Å². The van der Waals surface area contributed by atoms with E-state index in [0.29, 0.717) is 12.1 Å². The van der Waals surface area contributed by atoms with Crippen molar-refractivity contribution in [1.29, 1.82) is 0 Å². The Morgan fingerprint density at radius 3 is 2.42 bits per heavy atom. The molecule has 0 bridgehead atoms. The summed E-state index contributed by atoms with van der Waals surface area (Å²) in [6.07, 6.45) is 3.25. The molecule has 1 aromatic heterocycles. The van der Waals surface area contributed by atoms with Crippen LogP contribution < -0.4 is 10.2 Å². The molecule has 178 valence electrons. The number of nitro benzene ring substituents is 1. The zero-order valence-electron chi connectivity index (χ0n) is 18.6. The Morgan fingerprint density at radius 1 is 1.00 bits per heavy atom. The normalized spacial score (nSPS) is 15.0. The Bertz CT molecular complexity index is 1590. The minimum Gasteiger partial charge on any atom is -0.342 e. The van der Waals surface area contributed by atoms with Crippen LogP contribution in [0.2, 0.25) is 0 Å². The maximum Gasteiger partial charge on any atom is 0.270 e.